The second kappa shape index (κ2) is 23.3. The lowest BCUT2D eigenvalue weighted by atomic mass is 9.91. The first kappa shape index (κ1) is 44.9. The number of benzene rings is 7. The Kier molecular flexibility index (Phi) is 16.4. The standard InChI is InChI=1S/C57H58O6S/c1-3-59-50-31-29-43(30-32-50)34-49-35-51(52(33-42(49)2)60-37-45-21-11-5-12-22-45)57-56(63-40-48-27-17-8-18-28-48)55(62-39-47-25-15-7-16-26-47)54(61-38-46-23-13-6-14-24-46)53(64-57)41-58-36-44-19-9-4-10-20-44/h4-33,35,53-57H,3,34,36-41H2,1-2H3/t53-,54-,55+,56-,57+/m1/s1. The first-order valence-corrected chi connectivity index (χ1v) is 23.3. The van der Waals surface area contributed by atoms with Crippen molar-refractivity contribution in [3.05, 3.63) is 238 Å². The van der Waals surface area contributed by atoms with Crippen LogP contribution in [0.5, 0.6) is 11.5 Å². The van der Waals surface area contributed by atoms with Gasteiger partial charge in [0.15, 0.2) is 0 Å². The van der Waals surface area contributed by atoms with Gasteiger partial charge >= 0.3 is 0 Å². The molecule has 7 aromatic carbocycles. The van der Waals surface area contributed by atoms with Crippen molar-refractivity contribution in [2.45, 2.75) is 82.1 Å². The van der Waals surface area contributed by atoms with Crippen molar-refractivity contribution in [1.82, 2.24) is 0 Å². The Morgan fingerprint density at radius 2 is 0.922 bits per heavy atom. The quantitative estimate of drug-likeness (QED) is 0.0713. The molecule has 1 aliphatic rings. The first-order valence-electron chi connectivity index (χ1n) is 22.3. The zero-order chi connectivity index (χ0) is 43.8. The highest BCUT2D eigenvalue weighted by molar-refractivity contribution is 8.00. The number of hydrogen-bond donors (Lipinski definition) is 0. The van der Waals surface area contributed by atoms with Gasteiger partial charge in [-0.25, -0.2) is 0 Å². The average molecular weight is 871 g/mol. The molecule has 0 bridgehead atoms. The average Bonchev–Trinajstić information content (AvgIpc) is 3.34. The van der Waals surface area contributed by atoms with Crippen LogP contribution < -0.4 is 9.47 Å². The van der Waals surface area contributed by atoms with Crippen LogP contribution in [0.4, 0.5) is 0 Å². The molecule has 8 rings (SSSR count). The lowest BCUT2D eigenvalue weighted by molar-refractivity contribution is -0.160. The Hall–Kier alpha value is -5.67. The Bertz CT molecular complexity index is 2420. The van der Waals surface area contributed by atoms with Crippen LogP contribution in [0.25, 0.3) is 0 Å². The Labute approximate surface area is 383 Å². The highest BCUT2D eigenvalue weighted by atomic mass is 32.2. The zero-order valence-corrected chi connectivity index (χ0v) is 37.6. The summed E-state index contributed by atoms with van der Waals surface area (Å²) in [5.74, 6) is 1.70. The van der Waals surface area contributed by atoms with E-state index in [1.54, 1.807) is 0 Å². The number of rotatable bonds is 21. The molecule has 0 unspecified atom stereocenters. The lowest BCUT2D eigenvalue weighted by Crippen LogP contribution is -2.54. The summed E-state index contributed by atoms with van der Waals surface area (Å²) in [6.45, 7) is 7.39. The van der Waals surface area contributed by atoms with E-state index in [-0.39, 0.29) is 16.6 Å². The third-order valence-electron chi connectivity index (χ3n) is 11.5. The summed E-state index contributed by atoms with van der Waals surface area (Å²) >= 11 is 1.84. The Morgan fingerprint density at radius 1 is 0.453 bits per heavy atom. The van der Waals surface area contributed by atoms with Crippen molar-refractivity contribution < 1.29 is 28.4 Å². The molecule has 1 heterocycles. The third kappa shape index (κ3) is 12.5. The number of ether oxygens (including phenoxy) is 6. The molecule has 0 N–H and O–H groups in total. The molecule has 7 heteroatoms. The van der Waals surface area contributed by atoms with E-state index in [1.807, 2.05) is 49.0 Å². The van der Waals surface area contributed by atoms with E-state index in [4.69, 9.17) is 28.4 Å². The maximum absolute atomic E-state index is 7.25. The van der Waals surface area contributed by atoms with Crippen LogP contribution in [0.15, 0.2) is 188 Å². The number of aryl methyl sites for hydroxylation is 1. The van der Waals surface area contributed by atoms with Gasteiger partial charge < -0.3 is 28.4 Å². The summed E-state index contributed by atoms with van der Waals surface area (Å²) in [4.78, 5) is 0. The van der Waals surface area contributed by atoms with Crippen molar-refractivity contribution in [3.8, 4) is 11.5 Å². The van der Waals surface area contributed by atoms with E-state index >= 15 is 0 Å². The van der Waals surface area contributed by atoms with Gasteiger partial charge in [-0.3, -0.25) is 0 Å². The summed E-state index contributed by atoms with van der Waals surface area (Å²) in [5, 5.41) is -0.357. The number of thioether (sulfide) groups is 1. The van der Waals surface area contributed by atoms with Crippen LogP contribution >= 0.6 is 11.8 Å². The van der Waals surface area contributed by atoms with E-state index in [9.17, 15) is 0 Å². The summed E-state index contributed by atoms with van der Waals surface area (Å²) in [6, 6.07) is 64.8. The Balaban J connectivity index is 1.22. The third-order valence-corrected chi connectivity index (χ3v) is 13.1. The molecule has 6 nitrogen and oxygen atoms in total. The van der Waals surface area contributed by atoms with E-state index in [2.05, 4.69) is 165 Å². The highest BCUT2D eigenvalue weighted by Crippen LogP contribution is 2.50. The Morgan fingerprint density at radius 3 is 1.44 bits per heavy atom. The fraction of sp³-hybridized carbons (Fsp3) is 0.263. The van der Waals surface area contributed by atoms with Gasteiger partial charge in [0, 0.05) is 5.56 Å². The molecule has 0 aliphatic carbocycles. The molecule has 1 saturated heterocycles. The summed E-state index contributed by atoms with van der Waals surface area (Å²) in [6.07, 6.45) is -0.566. The monoisotopic (exact) mass is 870 g/mol. The largest absolute Gasteiger partial charge is 0.494 e. The van der Waals surface area contributed by atoms with Crippen molar-refractivity contribution in [2.24, 2.45) is 0 Å². The van der Waals surface area contributed by atoms with Crippen molar-refractivity contribution in [1.29, 1.82) is 0 Å². The van der Waals surface area contributed by atoms with E-state index in [1.165, 1.54) is 11.1 Å². The predicted octanol–water partition coefficient (Wildman–Crippen LogP) is 12.7. The van der Waals surface area contributed by atoms with E-state index in [0.29, 0.717) is 46.2 Å². The zero-order valence-electron chi connectivity index (χ0n) is 36.8. The van der Waals surface area contributed by atoms with Gasteiger partial charge in [0.1, 0.15) is 36.4 Å². The van der Waals surface area contributed by atoms with Crippen LogP contribution in [0.2, 0.25) is 0 Å². The maximum Gasteiger partial charge on any atom is 0.124 e. The molecule has 64 heavy (non-hydrogen) atoms. The molecule has 5 atom stereocenters. The molecular weight excluding hydrogens is 813 g/mol. The minimum Gasteiger partial charge on any atom is -0.494 e. The molecule has 0 spiro atoms. The van der Waals surface area contributed by atoms with Gasteiger partial charge in [0.2, 0.25) is 0 Å². The normalized spacial score (nSPS) is 18.4. The van der Waals surface area contributed by atoms with Crippen molar-refractivity contribution in [2.75, 3.05) is 13.2 Å². The van der Waals surface area contributed by atoms with Crippen LogP contribution in [0.3, 0.4) is 0 Å². The minimum absolute atomic E-state index is 0.132. The van der Waals surface area contributed by atoms with Gasteiger partial charge in [-0.05, 0) is 83.0 Å². The van der Waals surface area contributed by atoms with Gasteiger partial charge in [-0.1, -0.05) is 170 Å². The fourth-order valence-electron chi connectivity index (χ4n) is 8.15. The molecule has 0 radical (unpaired) electrons. The maximum atomic E-state index is 7.25. The number of hydrogen-bond acceptors (Lipinski definition) is 7. The molecule has 0 saturated carbocycles. The second-order valence-corrected chi connectivity index (χ2v) is 17.6. The SMILES string of the molecule is CCOc1ccc(Cc2cc([C@@H]3S[C@H](COCc4ccccc4)[C@@H](OCc4ccccc4)[C@H](OCc4ccccc4)[C@H]3OCc3ccccc3)c(OCc3ccccc3)cc2C)cc1. The molecule has 1 aliphatic heterocycles. The van der Waals surface area contributed by atoms with Gasteiger partial charge in [0.25, 0.3) is 0 Å². The molecule has 1 fully saturated rings. The summed E-state index contributed by atoms with van der Waals surface area (Å²) in [5.41, 5.74) is 10.1. The first-order chi connectivity index (χ1) is 31.6. The van der Waals surface area contributed by atoms with E-state index < -0.39 is 12.2 Å². The van der Waals surface area contributed by atoms with Gasteiger partial charge in [-0.15, -0.1) is 11.8 Å². The van der Waals surface area contributed by atoms with Gasteiger partial charge in [0.05, 0.1) is 50.1 Å². The van der Waals surface area contributed by atoms with Crippen molar-refractivity contribution in [3.63, 3.8) is 0 Å². The highest BCUT2D eigenvalue weighted by Gasteiger charge is 2.49. The van der Waals surface area contributed by atoms with Crippen LogP contribution in [0.1, 0.15) is 62.2 Å². The second-order valence-electron chi connectivity index (χ2n) is 16.2. The van der Waals surface area contributed by atoms with Crippen molar-refractivity contribution >= 4 is 11.8 Å². The topological polar surface area (TPSA) is 55.4 Å². The smallest absolute Gasteiger partial charge is 0.124 e. The van der Waals surface area contributed by atoms with Crippen LogP contribution in [-0.4, -0.2) is 36.8 Å². The summed E-state index contributed by atoms with van der Waals surface area (Å²) in [7, 11) is 0. The lowest BCUT2D eigenvalue weighted by Gasteiger charge is -2.46. The predicted molar refractivity (Wildman–Crippen MR) is 258 cm³/mol. The molecule has 328 valence electrons. The molecule has 0 aromatic heterocycles. The molecule has 0 amide bonds. The van der Waals surface area contributed by atoms with E-state index in [0.717, 1.165) is 56.9 Å². The van der Waals surface area contributed by atoms with Crippen LogP contribution in [-0.2, 0) is 58.4 Å². The summed E-state index contributed by atoms with van der Waals surface area (Å²) < 4.78 is 40.9. The fourth-order valence-corrected chi connectivity index (χ4v) is 9.81. The minimum atomic E-state index is -0.484. The van der Waals surface area contributed by atoms with Gasteiger partial charge in [-0.2, -0.15) is 0 Å². The van der Waals surface area contributed by atoms with Crippen LogP contribution in [0, 0.1) is 6.92 Å². The molecular formula is C57H58O6S. The molecule has 7 aromatic rings.